The van der Waals surface area contributed by atoms with E-state index in [2.05, 4.69) is 16.5 Å². The summed E-state index contributed by atoms with van der Waals surface area (Å²) in [5, 5.41) is 0. The van der Waals surface area contributed by atoms with Crippen molar-refractivity contribution >= 4 is 10.0 Å². The van der Waals surface area contributed by atoms with Crippen LogP contribution in [0.1, 0.15) is 31.4 Å². The molecule has 4 nitrogen and oxygen atoms in total. The predicted octanol–water partition coefficient (Wildman–Crippen LogP) is 3.58. The Balaban J connectivity index is 1.79. The van der Waals surface area contributed by atoms with Crippen molar-refractivity contribution in [1.29, 1.82) is 0 Å². The smallest absolute Gasteiger partial charge is 0.243 e. The number of nitrogens with zero attached hydrogens (tertiary/aromatic N) is 1. The van der Waals surface area contributed by atoms with E-state index in [9.17, 15) is 12.8 Å². The van der Waals surface area contributed by atoms with E-state index < -0.39 is 15.8 Å². The first-order valence-corrected chi connectivity index (χ1v) is 10.5. The number of benzene rings is 2. The monoisotopic (exact) mass is 376 g/mol. The molecular formula is C20H25FN2O2S. The molecule has 1 unspecified atom stereocenters. The van der Waals surface area contributed by atoms with Gasteiger partial charge in [0.25, 0.3) is 0 Å². The normalized spacial score (nSPS) is 17.9. The molecule has 1 aliphatic rings. The van der Waals surface area contributed by atoms with Crippen LogP contribution in [-0.2, 0) is 10.0 Å². The van der Waals surface area contributed by atoms with Crippen molar-refractivity contribution in [1.82, 2.24) is 9.62 Å². The van der Waals surface area contributed by atoms with Gasteiger partial charge >= 0.3 is 0 Å². The topological polar surface area (TPSA) is 49.4 Å². The first-order chi connectivity index (χ1) is 12.5. The molecule has 0 spiro atoms. The van der Waals surface area contributed by atoms with Crippen molar-refractivity contribution in [3.8, 4) is 0 Å². The lowest BCUT2D eigenvalue weighted by Gasteiger charge is -2.37. The Bertz CT molecular complexity index is 819. The lowest BCUT2D eigenvalue weighted by molar-refractivity contribution is 0.139. The summed E-state index contributed by atoms with van der Waals surface area (Å²) >= 11 is 0. The second-order valence-corrected chi connectivity index (χ2v) is 8.66. The van der Waals surface area contributed by atoms with Gasteiger partial charge in [0, 0.05) is 12.6 Å². The Morgan fingerprint density at radius 3 is 2.35 bits per heavy atom. The first kappa shape index (κ1) is 19.0. The molecule has 0 aliphatic carbocycles. The van der Waals surface area contributed by atoms with Crippen LogP contribution in [0.3, 0.4) is 0 Å². The van der Waals surface area contributed by atoms with E-state index in [-0.39, 0.29) is 17.5 Å². The summed E-state index contributed by atoms with van der Waals surface area (Å²) in [6, 6.07) is 15.3. The van der Waals surface area contributed by atoms with E-state index in [0.717, 1.165) is 37.6 Å². The van der Waals surface area contributed by atoms with Crippen molar-refractivity contribution in [2.45, 2.75) is 30.7 Å². The van der Waals surface area contributed by atoms with Gasteiger partial charge in [-0.25, -0.2) is 17.5 Å². The van der Waals surface area contributed by atoms with E-state index >= 15 is 0 Å². The summed E-state index contributed by atoms with van der Waals surface area (Å²) in [5.41, 5.74) is 1.07. The molecule has 1 aliphatic heterocycles. The zero-order chi connectivity index (χ0) is 18.6. The van der Waals surface area contributed by atoms with Crippen LogP contribution in [0.2, 0.25) is 0 Å². The van der Waals surface area contributed by atoms with Crippen molar-refractivity contribution < 1.29 is 12.8 Å². The number of halogens is 1. The molecule has 26 heavy (non-hydrogen) atoms. The summed E-state index contributed by atoms with van der Waals surface area (Å²) in [6.45, 7) is 4.33. The zero-order valence-electron chi connectivity index (χ0n) is 14.9. The summed E-state index contributed by atoms with van der Waals surface area (Å²) in [7, 11) is -3.90. The van der Waals surface area contributed by atoms with Gasteiger partial charge in [0.1, 0.15) is 10.7 Å². The second-order valence-electron chi connectivity index (χ2n) is 6.93. The molecule has 1 atom stereocenters. The Morgan fingerprint density at radius 2 is 1.69 bits per heavy atom. The lowest BCUT2D eigenvalue weighted by Crippen LogP contribution is -2.42. The fraction of sp³-hybridized carbons (Fsp3) is 0.400. The largest absolute Gasteiger partial charge is 0.295 e. The second kappa shape index (κ2) is 8.29. The van der Waals surface area contributed by atoms with Gasteiger partial charge in [-0.15, -0.1) is 0 Å². The number of piperidine rings is 1. The maximum Gasteiger partial charge on any atom is 0.243 e. The highest BCUT2D eigenvalue weighted by Gasteiger charge is 2.27. The number of hydrogen-bond donors (Lipinski definition) is 1. The van der Waals surface area contributed by atoms with Crippen molar-refractivity contribution in [2.24, 2.45) is 5.92 Å². The predicted molar refractivity (Wildman–Crippen MR) is 101 cm³/mol. The van der Waals surface area contributed by atoms with Crippen LogP contribution in [0.4, 0.5) is 4.39 Å². The zero-order valence-corrected chi connectivity index (χ0v) is 15.8. The van der Waals surface area contributed by atoms with Gasteiger partial charge in [-0.05, 0) is 49.5 Å². The van der Waals surface area contributed by atoms with Gasteiger partial charge in [0.2, 0.25) is 10.0 Å². The quantitative estimate of drug-likeness (QED) is 0.838. The molecule has 3 rings (SSSR count). The first-order valence-electron chi connectivity index (χ1n) is 9.00. The van der Waals surface area contributed by atoms with Crippen LogP contribution >= 0.6 is 0 Å². The SMILES string of the molecule is CC1CCN(C(CNS(=O)(=O)c2ccccc2F)c2ccccc2)CC1. The van der Waals surface area contributed by atoms with Gasteiger partial charge in [0.05, 0.1) is 0 Å². The Morgan fingerprint density at radius 1 is 1.08 bits per heavy atom. The Labute approximate surface area is 155 Å². The molecular weight excluding hydrogens is 351 g/mol. The van der Waals surface area contributed by atoms with Crippen molar-refractivity contribution in [3.63, 3.8) is 0 Å². The maximum absolute atomic E-state index is 13.9. The van der Waals surface area contributed by atoms with E-state index in [0.29, 0.717) is 5.92 Å². The molecule has 1 heterocycles. The molecule has 0 bridgehead atoms. The molecule has 0 aromatic heterocycles. The molecule has 140 valence electrons. The highest BCUT2D eigenvalue weighted by molar-refractivity contribution is 7.89. The van der Waals surface area contributed by atoms with Gasteiger partial charge in [0.15, 0.2) is 0 Å². The van der Waals surface area contributed by atoms with Crippen LogP contribution in [0.25, 0.3) is 0 Å². The molecule has 0 radical (unpaired) electrons. The number of rotatable bonds is 6. The molecule has 6 heteroatoms. The van der Waals surface area contributed by atoms with Crippen molar-refractivity contribution in [2.75, 3.05) is 19.6 Å². The molecule has 2 aromatic carbocycles. The molecule has 1 fully saturated rings. The highest BCUT2D eigenvalue weighted by Crippen LogP contribution is 2.27. The fourth-order valence-electron chi connectivity index (χ4n) is 3.40. The van der Waals surface area contributed by atoms with Gasteiger partial charge in [-0.2, -0.15) is 0 Å². The van der Waals surface area contributed by atoms with E-state index in [1.807, 2.05) is 30.3 Å². The average Bonchev–Trinajstić information content (AvgIpc) is 2.64. The number of sulfonamides is 1. The van der Waals surface area contributed by atoms with Gasteiger partial charge < -0.3 is 0 Å². The van der Waals surface area contributed by atoms with Crippen LogP contribution in [0, 0.1) is 11.7 Å². The third-order valence-electron chi connectivity index (χ3n) is 5.04. The highest BCUT2D eigenvalue weighted by atomic mass is 32.2. The third kappa shape index (κ3) is 4.50. The maximum atomic E-state index is 13.9. The van der Waals surface area contributed by atoms with E-state index in [1.165, 1.54) is 18.2 Å². The molecule has 2 aromatic rings. The average molecular weight is 376 g/mol. The van der Waals surface area contributed by atoms with Gasteiger partial charge in [-0.1, -0.05) is 49.4 Å². The molecule has 1 saturated heterocycles. The minimum Gasteiger partial charge on any atom is -0.295 e. The Hall–Kier alpha value is -1.76. The molecule has 1 N–H and O–H groups in total. The summed E-state index contributed by atoms with van der Waals surface area (Å²) in [6.07, 6.45) is 2.20. The molecule has 0 amide bonds. The fourth-order valence-corrected chi connectivity index (χ4v) is 4.52. The van der Waals surface area contributed by atoms with Crippen molar-refractivity contribution in [3.05, 3.63) is 66.0 Å². The van der Waals surface area contributed by atoms with E-state index in [1.54, 1.807) is 0 Å². The van der Waals surface area contributed by atoms with Crippen LogP contribution in [0.5, 0.6) is 0 Å². The van der Waals surface area contributed by atoms with Crippen LogP contribution in [-0.4, -0.2) is 33.0 Å². The minimum atomic E-state index is -3.90. The number of hydrogen-bond acceptors (Lipinski definition) is 3. The van der Waals surface area contributed by atoms with Crippen LogP contribution < -0.4 is 4.72 Å². The van der Waals surface area contributed by atoms with Crippen LogP contribution in [0.15, 0.2) is 59.5 Å². The standard InChI is InChI=1S/C20H25FN2O2S/c1-16-11-13-23(14-12-16)19(17-7-3-2-4-8-17)15-22-26(24,25)20-10-6-5-9-18(20)21/h2-10,16,19,22H,11-15H2,1H3. The lowest BCUT2D eigenvalue weighted by atomic mass is 9.96. The Kier molecular flexibility index (Phi) is 6.06. The summed E-state index contributed by atoms with van der Waals surface area (Å²) in [4.78, 5) is 2.01. The number of nitrogens with one attached hydrogen (secondary N) is 1. The summed E-state index contributed by atoms with van der Waals surface area (Å²) < 4.78 is 41.6. The van der Waals surface area contributed by atoms with Gasteiger partial charge in [-0.3, -0.25) is 4.90 Å². The van der Waals surface area contributed by atoms with E-state index in [4.69, 9.17) is 0 Å². The minimum absolute atomic E-state index is 0.0646. The summed E-state index contributed by atoms with van der Waals surface area (Å²) in [5.74, 6) is -0.0409. The number of likely N-dealkylation sites (tertiary alicyclic amines) is 1. The third-order valence-corrected chi connectivity index (χ3v) is 6.49. The molecule has 0 saturated carbocycles.